The standard InChI is InChI=1S/C13H15BrN2O5/c1-15(12(18)9-4-5-10(14)21-9)7-11(17)16-6-2-3-8(16)13(19)20/h4-5,8H,2-3,6-7H2,1H3,(H,19,20)/t8-/m1/s1. The van der Waals surface area contributed by atoms with E-state index in [1.165, 1.54) is 22.9 Å². The molecule has 2 amide bonds. The Hall–Kier alpha value is -1.83. The van der Waals surface area contributed by atoms with Crippen LogP contribution in [0.25, 0.3) is 0 Å². The number of likely N-dealkylation sites (tertiary alicyclic amines) is 1. The van der Waals surface area contributed by atoms with Gasteiger partial charge in [-0.25, -0.2) is 4.79 Å². The molecule has 1 N–H and O–H groups in total. The van der Waals surface area contributed by atoms with Gasteiger partial charge in [0.05, 0.1) is 6.54 Å². The predicted molar refractivity (Wildman–Crippen MR) is 75.7 cm³/mol. The van der Waals surface area contributed by atoms with Gasteiger partial charge in [-0.2, -0.15) is 0 Å². The second kappa shape index (κ2) is 6.30. The van der Waals surface area contributed by atoms with Crippen LogP contribution in [-0.4, -0.2) is 58.9 Å². The van der Waals surface area contributed by atoms with E-state index in [4.69, 9.17) is 9.52 Å². The smallest absolute Gasteiger partial charge is 0.326 e. The van der Waals surface area contributed by atoms with Gasteiger partial charge >= 0.3 is 5.97 Å². The van der Waals surface area contributed by atoms with Crippen molar-refractivity contribution in [2.75, 3.05) is 20.1 Å². The molecule has 1 aromatic rings. The number of halogens is 1. The summed E-state index contributed by atoms with van der Waals surface area (Å²) in [4.78, 5) is 37.8. The normalized spacial score (nSPS) is 17.8. The summed E-state index contributed by atoms with van der Waals surface area (Å²) >= 11 is 3.10. The Morgan fingerprint density at radius 3 is 2.76 bits per heavy atom. The van der Waals surface area contributed by atoms with Crippen molar-refractivity contribution in [3.8, 4) is 0 Å². The Balaban J connectivity index is 1.99. The van der Waals surface area contributed by atoms with Gasteiger partial charge in [0.1, 0.15) is 6.04 Å². The number of furan rings is 1. The number of nitrogens with zero attached hydrogens (tertiary/aromatic N) is 2. The Labute approximate surface area is 129 Å². The first-order chi connectivity index (χ1) is 9.90. The summed E-state index contributed by atoms with van der Waals surface area (Å²) in [5, 5.41) is 9.06. The number of hydrogen-bond acceptors (Lipinski definition) is 4. The van der Waals surface area contributed by atoms with Crippen LogP contribution in [0.2, 0.25) is 0 Å². The van der Waals surface area contributed by atoms with Gasteiger partial charge in [0, 0.05) is 13.6 Å². The Bertz CT molecular complexity index is 571. The van der Waals surface area contributed by atoms with Gasteiger partial charge in [-0.15, -0.1) is 0 Å². The van der Waals surface area contributed by atoms with Crippen molar-refractivity contribution in [2.45, 2.75) is 18.9 Å². The van der Waals surface area contributed by atoms with Crippen molar-refractivity contribution in [3.63, 3.8) is 0 Å². The van der Waals surface area contributed by atoms with Gasteiger partial charge in [-0.1, -0.05) is 0 Å². The summed E-state index contributed by atoms with van der Waals surface area (Å²) < 4.78 is 5.57. The van der Waals surface area contributed by atoms with Gasteiger partial charge in [0.15, 0.2) is 10.4 Å². The zero-order chi connectivity index (χ0) is 15.6. The number of carbonyl (C=O) groups is 3. The lowest BCUT2D eigenvalue weighted by Crippen LogP contribution is -2.45. The lowest BCUT2D eigenvalue weighted by molar-refractivity contribution is -0.148. The maximum absolute atomic E-state index is 12.1. The van der Waals surface area contributed by atoms with Crippen molar-refractivity contribution in [3.05, 3.63) is 22.6 Å². The molecule has 0 bridgehead atoms. The molecule has 1 fully saturated rings. The minimum absolute atomic E-state index is 0.119. The van der Waals surface area contributed by atoms with Crippen LogP contribution in [-0.2, 0) is 9.59 Å². The zero-order valence-corrected chi connectivity index (χ0v) is 13.0. The Kier molecular flexibility index (Phi) is 4.66. The number of likely N-dealkylation sites (N-methyl/N-ethyl adjacent to an activating group) is 1. The maximum Gasteiger partial charge on any atom is 0.326 e. The third-order valence-corrected chi connectivity index (χ3v) is 3.79. The first-order valence-electron chi connectivity index (χ1n) is 6.43. The van der Waals surface area contributed by atoms with Gasteiger partial charge in [-0.05, 0) is 40.9 Å². The average Bonchev–Trinajstić information content (AvgIpc) is 3.05. The molecular weight excluding hydrogens is 344 g/mol. The quantitative estimate of drug-likeness (QED) is 0.872. The van der Waals surface area contributed by atoms with Crippen LogP contribution in [0.5, 0.6) is 0 Å². The lowest BCUT2D eigenvalue weighted by Gasteiger charge is -2.24. The summed E-state index contributed by atoms with van der Waals surface area (Å²) in [6.45, 7) is 0.227. The largest absolute Gasteiger partial charge is 0.480 e. The minimum atomic E-state index is -1.01. The molecule has 0 saturated carbocycles. The molecule has 0 aliphatic carbocycles. The molecule has 0 spiro atoms. The summed E-state index contributed by atoms with van der Waals surface area (Å²) in [6.07, 6.45) is 1.11. The van der Waals surface area contributed by atoms with Crippen LogP contribution in [0.15, 0.2) is 21.2 Å². The van der Waals surface area contributed by atoms with E-state index in [1.807, 2.05) is 0 Å². The molecule has 114 valence electrons. The fraction of sp³-hybridized carbons (Fsp3) is 0.462. The number of aliphatic carboxylic acids is 1. The van der Waals surface area contributed by atoms with E-state index in [0.717, 1.165) is 0 Å². The number of amides is 2. The maximum atomic E-state index is 12.1. The molecule has 0 radical (unpaired) electrons. The molecule has 8 heteroatoms. The summed E-state index contributed by atoms with van der Waals surface area (Å²) in [7, 11) is 1.47. The lowest BCUT2D eigenvalue weighted by atomic mass is 10.2. The van der Waals surface area contributed by atoms with E-state index in [1.54, 1.807) is 6.07 Å². The number of carboxylic acid groups (broad SMARTS) is 1. The van der Waals surface area contributed by atoms with E-state index in [9.17, 15) is 14.4 Å². The molecule has 1 aliphatic heterocycles. The summed E-state index contributed by atoms with van der Waals surface area (Å²) in [6, 6.07) is 2.30. The molecule has 2 heterocycles. The molecule has 1 atom stereocenters. The number of rotatable bonds is 4. The average molecular weight is 359 g/mol. The first-order valence-corrected chi connectivity index (χ1v) is 7.22. The highest BCUT2D eigenvalue weighted by molar-refractivity contribution is 9.10. The van der Waals surface area contributed by atoms with Crippen molar-refractivity contribution in [1.82, 2.24) is 9.80 Å². The molecule has 0 unspecified atom stereocenters. The highest BCUT2D eigenvalue weighted by atomic mass is 79.9. The molecule has 2 rings (SSSR count). The van der Waals surface area contributed by atoms with Crippen LogP contribution in [0, 0.1) is 0 Å². The van der Waals surface area contributed by atoms with Gasteiger partial charge < -0.3 is 19.3 Å². The molecular formula is C13H15BrN2O5. The summed E-state index contributed by atoms with van der Waals surface area (Å²) in [5.74, 6) is -1.69. The molecule has 7 nitrogen and oxygen atoms in total. The van der Waals surface area contributed by atoms with Crippen LogP contribution >= 0.6 is 15.9 Å². The molecule has 1 saturated heterocycles. The van der Waals surface area contributed by atoms with Gasteiger partial charge in [0.25, 0.3) is 5.91 Å². The number of carboxylic acids is 1. The van der Waals surface area contributed by atoms with E-state index in [0.29, 0.717) is 24.1 Å². The molecule has 21 heavy (non-hydrogen) atoms. The van der Waals surface area contributed by atoms with E-state index in [2.05, 4.69) is 15.9 Å². The number of carbonyl (C=O) groups excluding carboxylic acids is 2. The van der Waals surface area contributed by atoms with Gasteiger partial charge in [0.2, 0.25) is 5.91 Å². The highest BCUT2D eigenvalue weighted by Crippen LogP contribution is 2.19. The third-order valence-electron chi connectivity index (χ3n) is 3.36. The minimum Gasteiger partial charge on any atom is -0.480 e. The summed E-state index contributed by atoms with van der Waals surface area (Å²) in [5.41, 5.74) is 0. The van der Waals surface area contributed by atoms with Crippen molar-refractivity contribution < 1.29 is 23.9 Å². The molecule has 1 aliphatic rings. The molecule has 1 aromatic heterocycles. The van der Waals surface area contributed by atoms with Crippen LogP contribution in [0.1, 0.15) is 23.4 Å². The van der Waals surface area contributed by atoms with E-state index < -0.39 is 17.9 Å². The fourth-order valence-electron chi connectivity index (χ4n) is 2.30. The second-order valence-corrected chi connectivity index (χ2v) is 5.63. The Morgan fingerprint density at radius 2 is 2.19 bits per heavy atom. The molecule has 0 aromatic carbocycles. The highest BCUT2D eigenvalue weighted by Gasteiger charge is 2.34. The second-order valence-electron chi connectivity index (χ2n) is 4.85. The van der Waals surface area contributed by atoms with E-state index >= 15 is 0 Å². The van der Waals surface area contributed by atoms with Crippen molar-refractivity contribution in [1.29, 1.82) is 0 Å². The number of hydrogen-bond donors (Lipinski definition) is 1. The van der Waals surface area contributed by atoms with Crippen LogP contribution < -0.4 is 0 Å². The van der Waals surface area contributed by atoms with Crippen molar-refractivity contribution >= 4 is 33.7 Å². The predicted octanol–water partition coefficient (Wildman–Crippen LogP) is 1.19. The van der Waals surface area contributed by atoms with E-state index in [-0.39, 0.29) is 18.2 Å². The topological polar surface area (TPSA) is 91.1 Å². The Morgan fingerprint density at radius 1 is 1.48 bits per heavy atom. The monoisotopic (exact) mass is 358 g/mol. The van der Waals surface area contributed by atoms with Crippen LogP contribution in [0.3, 0.4) is 0 Å². The van der Waals surface area contributed by atoms with Crippen LogP contribution in [0.4, 0.5) is 0 Å². The van der Waals surface area contributed by atoms with Crippen molar-refractivity contribution in [2.24, 2.45) is 0 Å². The first kappa shape index (κ1) is 15.6. The van der Waals surface area contributed by atoms with Gasteiger partial charge in [-0.3, -0.25) is 9.59 Å². The zero-order valence-electron chi connectivity index (χ0n) is 11.4. The SMILES string of the molecule is CN(CC(=O)N1CCC[C@@H]1C(=O)O)C(=O)c1ccc(Br)o1. The fourth-order valence-corrected chi connectivity index (χ4v) is 2.61. The third kappa shape index (κ3) is 3.44.